The van der Waals surface area contributed by atoms with Crippen LogP contribution in [0.3, 0.4) is 0 Å². The lowest BCUT2D eigenvalue weighted by atomic mass is 9.86. The highest BCUT2D eigenvalue weighted by molar-refractivity contribution is 5.98. The Hall–Kier alpha value is -3.09. The third-order valence-corrected chi connectivity index (χ3v) is 6.80. The van der Waals surface area contributed by atoms with Crippen molar-refractivity contribution in [2.24, 2.45) is 17.8 Å². The highest BCUT2D eigenvalue weighted by Crippen LogP contribution is 2.45. The quantitative estimate of drug-likeness (QED) is 0.494. The minimum Gasteiger partial charge on any atom is -0.456 e. The molecular formula is C25H28FN3O3. The van der Waals surface area contributed by atoms with Gasteiger partial charge in [-0.3, -0.25) is 4.79 Å². The molecule has 4 rings (SSSR count). The molecule has 1 fully saturated rings. The first-order valence-electron chi connectivity index (χ1n) is 11.0. The summed E-state index contributed by atoms with van der Waals surface area (Å²) in [6.07, 6.45) is 4.79. The number of Topliss-reactive ketones (excluding diaryl/α,β-unsaturated/α-hetero) is 1. The molecule has 0 N–H and O–H groups in total. The van der Waals surface area contributed by atoms with Gasteiger partial charge in [-0.15, -0.1) is 5.10 Å². The van der Waals surface area contributed by atoms with Gasteiger partial charge in [0.25, 0.3) is 0 Å². The fourth-order valence-electron chi connectivity index (χ4n) is 4.82. The average Bonchev–Trinajstić information content (AvgIpc) is 3.28. The third-order valence-electron chi connectivity index (χ3n) is 6.80. The van der Waals surface area contributed by atoms with E-state index in [0.717, 1.165) is 24.0 Å². The number of benzene rings is 1. The predicted molar refractivity (Wildman–Crippen MR) is 117 cm³/mol. The van der Waals surface area contributed by atoms with E-state index in [9.17, 15) is 14.0 Å². The normalized spacial score (nSPS) is 23.1. The fourth-order valence-corrected chi connectivity index (χ4v) is 4.82. The van der Waals surface area contributed by atoms with Gasteiger partial charge in [-0.2, -0.15) is 0 Å². The molecule has 32 heavy (non-hydrogen) atoms. The lowest BCUT2D eigenvalue weighted by Gasteiger charge is -2.18. The Morgan fingerprint density at radius 1 is 1.31 bits per heavy atom. The van der Waals surface area contributed by atoms with Crippen molar-refractivity contribution in [3.8, 4) is 0 Å². The number of hydrogen-bond donors (Lipinski definition) is 0. The fraction of sp³-hybridized carbons (Fsp3) is 0.440. The number of ketones is 1. The largest absolute Gasteiger partial charge is 0.456 e. The number of rotatable bonds is 6. The molecule has 0 radical (unpaired) electrons. The maximum atomic E-state index is 13.3. The first-order chi connectivity index (χ1) is 15.3. The molecule has 0 spiro atoms. The second-order valence-corrected chi connectivity index (χ2v) is 8.98. The van der Waals surface area contributed by atoms with E-state index in [2.05, 4.69) is 23.8 Å². The monoisotopic (exact) mass is 437 g/mol. The van der Waals surface area contributed by atoms with Gasteiger partial charge in [0.05, 0.1) is 12.7 Å². The van der Waals surface area contributed by atoms with E-state index in [1.165, 1.54) is 17.7 Å². The van der Waals surface area contributed by atoms with Crippen LogP contribution in [-0.2, 0) is 27.5 Å². The molecule has 2 aliphatic carbocycles. The van der Waals surface area contributed by atoms with Crippen molar-refractivity contribution in [3.05, 3.63) is 70.8 Å². The molecule has 7 heteroatoms. The number of carbonyl (C=O) groups excluding carboxylic acids is 2. The molecule has 0 bridgehead atoms. The number of nitrogens with zero attached hydrogens (tertiary/aromatic N) is 3. The van der Waals surface area contributed by atoms with E-state index in [0.29, 0.717) is 42.5 Å². The van der Waals surface area contributed by atoms with Crippen molar-refractivity contribution in [1.82, 2.24) is 15.0 Å². The second-order valence-electron chi connectivity index (χ2n) is 8.98. The summed E-state index contributed by atoms with van der Waals surface area (Å²) in [5.74, 6) is 0.185. The molecule has 6 nitrogen and oxygen atoms in total. The highest BCUT2D eigenvalue weighted by atomic mass is 19.1. The topological polar surface area (TPSA) is 74.1 Å². The van der Waals surface area contributed by atoms with Crippen LogP contribution in [0.4, 0.5) is 4.39 Å². The summed E-state index contributed by atoms with van der Waals surface area (Å²) in [6, 6.07) is 6.28. The van der Waals surface area contributed by atoms with Crippen LogP contribution >= 0.6 is 0 Å². The Labute approximate surface area is 187 Å². The van der Waals surface area contributed by atoms with E-state index >= 15 is 0 Å². The van der Waals surface area contributed by atoms with E-state index in [1.807, 2.05) is 13.0 Å². The van der Waals surface area contributed by atoms with Crippen molar-refractivity contribution in [2.45, 2.75) is 52.7 Å². The number of fused-ring (bicyclic) bond motifs is 1. The van der Waals surface area contributed by atoms with Crippen molar-refractivity contribution < 1.29 is 18.7 Å². The number of ether oxygens (including phenoxy) is 1. The summed E-state index contributed by atoms with van der Waals surface area (Å²) in [7, 11) is 0. The second kappa shape index (κ2) is 9.18. The molecule has 2 aliphatic rings. The number of halogens is 1. The number of aromatic nitrogens is 3. The molecule has 3 atom stereocenters. The van der Waals surface area contributed by atoms with Gasteiger partial charge in [-0.1, -0.05) is 36.4 Å². The Balaban J connectivity index is 1.35. The average molecular weight is 438 g/mol. The standard InChI is InChI=1S/C25H28FN3O3/c1-15-7-8-19(10-23-17(3)24(30)11-22(15)23)16(2)25(31)32-14-21-13-29(28-27-21)12-18-5-4-6-20(26)9-18/h4-6,9,13,15,19,22H,2,7-8,10-12,14H2,1,3H3/t15-,19+,22-/m0/s1. The van der Waals surface area contributed by atoms with Crippen LogP contribution in [0.2, 0.25) is 0 Å². The Morgan fingerprint density at radius 2 is 2.12 bits per heavy atom. The Morgan fingerprint density at radius 3 is 2.91 bits per heavy atom. The number of esters is 1. The molecule has 168 valence electrons. The molecule has 1 aromatic carbocycles. The molecule has 1 aromatic heterocycles. The van der Waals surface area contributed by atoms with Gasteiger partial charge >= 0.3 is 5.97 Å². The summed E-state index contributed by atoms with van der Waals surface area (Å²) >= 11 is 0. The van der Waals surface area contributed by atoms with Crippen LogP contribution in [0, 0.1) is 23.6 Å². The zero-order chi connectivity index (χ0) is 22.8. The summed E-state index contributed by atoms with van der Waals surface area (Å²) < 4.78 is 20.4. The van der Waals surface area contributed by atoms with Gasteiger partial charge in [0, 0.05) is 12.0 Å². The van der Waals surface area contributed by atoms with Gasteiger partial charge in [0.2, 0.25) is 0 Å². The zero-order valence-electron chi connectivity index (χ0n) is 18.5. The molecule has 0 aliphatic heterocycles. The van der Waals surface area contributed by atoms with Gasteiger partial charge in [-0.05, 0) is 67.2 Å². The maximum absolute atomic E-state index is 13.3. The lowest BCUT2D eigenvalue weighted by molar-refractivity contribution is -0.141. The van der Waals surface area contributed by atoms with E-state index in [-0.39, 0.29) is 24.1 Å². The number of hydrogen-bond acceptors (Lipinski definition) is 5. The maximum Gasteiger partial charge on any atom is 0.334 e. The third kappa shape index (κ3) is 4.71. The molecular weight excluding hydrogens is 409 g/mol. The number of carbonyl (C=O) groups is 2. The van der Waals surface area contributed by atoms with E-state index < -0.39 is 5.97 Å². The minimum absolute atomic E-state index is 0.00698. The SMILES string of the molecule is C=C(C(=O)OCc1cn(Cc2cccc(F)c2)nn1)[C@@H]1CC[C@H](C)[C@@H]2CC(=O)C(C)=C2C1. The van der Waals surface area contributed by atoms with Crippen LogP contribution in [0.15, 0.2) is 53.8 Å². The van der Waals surface area contributed by atoms with Gasteiger partial charge < -0.3 is 4.74 Å². The zero-order valence-corrected chi connectivity index (χ0v) is 18.5. The van der Waals surface area contributed by atoms with Crippen molar-refractivity contribution in [2.75, 3.05) is 0 Å². The van der Waals surface area contributed by atoms with Crippen LogP contribution in [-0.4, -0.2) is 26.7 Å². The van der Waals surface area contributed by atoms with Gasteiger partial charge in [-0.25, -0.2) is 13.9 Å². The highest BCUT2D eigenvalue weighted by Gasteiger charge is 2.38. The Kier molecular flexibility index (Phi) is 6.35. The van der Waals surface area contributed by atoms with Gasteiger partial charge in [0.15, 0.2) is 5.78 Å². The number of allylic oxidation sites excluding steroid dienone is 2. The minimum atomic E-state index is -0.441. The van der Waals surface area contributed by atoms with E-state index in [1.54, 1.807) is 16.9 Å². The predicted octanol–water partition coefficient (Wildman–Crippen LogP) is 4.41. The van der Waals surface area contributed by atoms with Crippen LogP contribution < -0.4 is 0 Å². The summed E-state index contributed by atoms with van der Waals surface area (Å²) in [5, 5.41) is 8.05. The molecule has 1 heterocycles. The summed E-state index contributed by atoms with van der Waals surface area (Å²) in [4.78, 5) is 24.9. The van der Waals surface area contributed by atoms with Crippen LogP contribution in [0.1, 0.15) is 50.8 Å². The smallest absolute Gasteiger partial charge is 0.334 e. The molecule has 0 unspecified atom stereocenters. The van der Waals surface area contributed by atoms with Crippen LogP contribution in [0.5, 0.6) is 0 Å². The molecule has 1 saturated carbocycles. The lowest BCUT2D eigenvalue weighted by Crippen LogP contribution is -2.16. The first-order valence-corrected chi connectivity index (χ1v) is 11.0. The summed E-state index contributed by atoms with van der Waals surface area (Å²) in [5.41, 5.74) is 3.79. The van der Waals surface area contributed by atoms with Crippen molar-refractivity contribution in [1.29, 1.82) is 0 Å². The molecule has 0 amide bonds. The van der Waals surface area contributed by atoms with E-state index in [4.69, 9.17) is 4.74 Å². The molecule has 2 aromatic rings. The van der Waals surface area contributed by atoms with Crippen molar-refractivity contribution in [3.63, 3.8) is 0 Å². The summed E-state index contributed by atoms with van der Waals surface area (Å²) in [6.45, 7) is 8.49. The first kappa shape index (κ1) is 22.1. The van der Waals surface area contributed by atoms with Gasteiger partial charge in [0.1, 0.15) is 18.1 Å². The van der Waals surface area contributed by atoms with Crippen molar-refractivity contribution >= 4 is 11.8 Å². The molecule has 0 saturated heterocycles. The van der Waals surface area contributed by atoms with Crippen LogP contribution in [0.25, 0.3) is 0 Å². The Bertz CT molecular complexity index is 1090.